The van der Waals surface area contributed by atoms with E-state index in [2.05, 4.69) is 10.6 Å². The van der Waals surface area contributed by atoms with Gasteiger partial charge in [-0.05, 0) is 41.8 Å². The van der Waals surface area contributed by atoms with Crippen LogP contribution in [0, 0.1) is 17.3 Å². The van der Waals surface area contributed by atoms with Gasteiger partial charge in [-0.1, -0.05) is 95.3 Å². The number of carbonyl (C=O) groups is 2. The number of carbonyl (C=O) groups excluding carboxylic acids is 2. The van der Waals surface area contributed by atoms with Crippen molar-refractivity contribution in [2.75, 3.05) is 5.32 Å². The predicted octanol–water partition coefficient (Wildman–Crippen LogP) is 6.39. The maximum absolute atomic E-state index is 14.8. The van der Waals surface area contributed by atoms with Crippen LogP contribution in [0.15, 0.2) is 77.6 Å². The molecular formula is C33H42F3N3O4Si. The summed E-state index contributed by atoms with van der Waals surface area (Å²) in [6.07, 6.45) is -4.67. The summed E-state index contributed by atoms with van der Waals surface area (Å²) >= 11 is 0. The summed E-state index contributed by atoms with van der Waals surface area (Å²) in [6, 6.07) is 20.9. The van der Waals surface area contributed by atoms with Gasteiger partial charge in [0.2, 0.25) is 11.8 Å². The first kappa shape index (κ1) is 34.8. The van der Waals surface area contributed by atoms with Crippen LogP contribution in [0.5, 0.6) is 0 Å². The molecule has 44 heavy (non-hydrogen) atoms. The lowest BCUT2D eigenvalue weighted by Crippen LogP contribution is -2.67. The molecule has 1 aromatic heterocycles. The van der Waals surface area contributed by atoms with Crippen LogP contribution < -0.4 is 16.2 Å². The quantitative estimate of drug-likeness (QED) is 0.190. The van der Waals surface area contributed by atoms with Gasteiger partial charge in [-0.15, -0.1) is 0 Å². The number of benzene rings is 2. The molecule has 2 aromatic carbocycles. The Hall–Kier alpha value is -3.70. The highest BCUT2D eigenvalue weighted by molar-refractivity contribution is 6.48. The van der Waals surface area contributed by atoms with Gasteiger partial charge in [-0.2, -0.15) is 13.2 Å². The van der Waals surface area contributed by atoms with E-state index in [0.29, 0.717) is 11.3 Å². The van der Waals surface area contributed by atoms with Gasteiger partial charge in [0, 0.05) is 5.92 Å². The molecule has 0 radical (unpaired) electrons. The van der Waals surface area contributed by atoms with E-state index in [-0.39, 0.29) is 12.1 Å². The molecule has 3 rings (SSSR count). The maximum atomic E-state index is 14.8. The first-order chi connectivity index (χ1) is 20.5. The highest BCUT2D eigenvalue weighted by Gasteiger charge is 2.61. The molecule has 238 valence electrons. The van der Waals surface area contributed by atoms with Crippen molar-refractivity contribution in [3.05, 3.63) is 88.7 Å². The van der Waals surface area contributed by atoms with E-state index in [9.17, 15) is 27.6 Å². The van der Waals surface area contributed by atoms with Crippen LogP contribution in [0.1, 0.15) is 40.2 Å². The van der Waals surface area contributed by atoms with E-state index >= 15 is 0 Å². The van der Waals surface area contributed by atoms with E-state index in [0.717, 1.165) is 5.56 Å². The Labute approximate surface area is 258 Å². The molecule has 0 saturated heterocycles. The second-order valence-corrected chi connectivity index (χ2v) is 14.9. The standard InChI is InChI=1S/C33H42F3N3O4Si/c1-22(2)32(43-44(6)7,30(31(3,4)5)33(34,35)36)38-28(41)21-39-26(24-16-12-9-13-17-24)19-18-25(29(39)42)37-27(40)20-23-14-10-8-11-15-23/h8-19,22,30,44H,20-21H2,1-7H3,(H,37,40)(H,38,41). The molecule has 0 spiro atoms. The number of nitrogens with one attached hydrogen (secondary N) is 2. The third-order valence-corrected chi connectivity index (χ3v) is 8.13. The Morgan fingerprint density at radius 2 is 1.45 bits per heavy atom. The molecule has 2 N–H and O–H groups in total. The SMILES string of the molecule is CC(C)C(NC(=O)Cn1c(-c2ccccc2)ccc(NC(=O)Cc2ccccc2)c1=O)(O[SiH](C)C)C(C(C)(C)C)C(F)(F)F. The van der Waals surface area contributed by atoms with Crippen LogP contribution in [0.3, 0.4) is 0 Å². The van der Waals surface area contributed by atoms with Crippen LogP contribution in [0.4, 0.5) is 18.9 Å². The Balaban J connectivity index is 2.07. The highest BCUT2D eigenvalue weighted by Crippen LogP contribution is 2.49. The van der Waals surface area contributed by atoms with E-state index in [1.807, 2.05) is 6.07 Å². The lowest BCUT2D eigenvalue weighted by molar-refractivity contribution is -0.265. The summed E-state index contributed by atoms with van der Waals surface area (Å²) in [6.45, 7) is 10.5. The zero-order valence-corrected chi connectivity index (χ0v) is 27.4. The summed E-state index contributed by atoms with van der Waals surface area (Å²) < 4.78 is 51.6. The number of amides is 2. The van der Waals surface area contributed by atoms with Gasteiger partial charge < -0.3 is 15.1 Å². The molecule has 0 saturated carbocycles. The zero-order chi connectivity index (χ0) is 32.9. The Bertz CT molecular complexity index is 1470. The van der Waals surface area contributed by atoms with Gasteiger partial charge in [0.15, 0.2) is 9.04 Å². The van der Waals surface area contributed by atoms with E-state index in [4.69, 9.17) is 4.43 Å². The predicted molar refractivity (Wildman–Crippen MR) is 170 cm³/mol. The number of hydrogen-bond donors (Lipinski definition) is 2. The van der Waals surface area contributed by atoms with Crippen molar-refractivity contribution in [3.63, 3.8) is 0 Å². The third kappa shape index (κ3) is 8.47. The normalized spacial score (nSPS) is 14.3. The minimum Gasteiger partial charge on any atom is -0.398 e. The summed E-state index contributed by atoms with van der Waals surface area (Å²) in [7, 11) is -2.15. The molecule has 0 fully saturated rings. The lowest BCUT2D eigenvalue weighted by atomic mass is 9.70. The Kier molecular flexibility index (Phi) is 11.0. The third-order valence-electron chi connectivity index (χ3n) is 7.27. The van der Waals surface area contributed by atoms with Crippen LogP contribution in [-0.4, -0.2) is 37.3 Å². The number of alkyl halides is 3. The van der Waals surface area contributed by atoms with Gasteiger partial charge in [0.1, 0.15) is 23.9 Å². The molecule has 7 nitrogen and oxygen atoms in total. The van der Waals surface area contributed by atoms with Crippen LogP contribution in [0.2, 0.25) is 13.1 Å². The lowest BCUT2D eigenvalue weighted by Gasteiger charge is -2.51. The molecule has 2 amide bonds. The number of rotatable bonds is 11. The fourth-order valence-corrected chi connectivity index (χ4v) is 6.87. The second kappa shape index (κ2) is 13.9. The molecule has 2 atom stereocenters. The molecule has 1 heterocycles. The fraction of sp³-hybridized carbons (Fsp3) is 0.424. The molecule has 0 aliphatic heterocycles. The number of aromatic nitrogens is 1. The molecular weight excluding hydrogens is 587 g/mol. The first-order valence-electron chi connectivity index (χ1n) is 14.6. The zero-order valence-electron chi connectivity index (χ0n) is 26.3. The minimum atomic E-state index is -4.70. The summed E-state index contributed by atoms with van der Waals surface area (Å²) in [5.41, 5.74) is -2.39. The van der Waals surface area contributed by atoms with Crippen molar-refractivity contribution >= 4 is 26.5 Å². The maximum Gasteiger partial charge on any atom is 0.396 e. The van der Waals surface area contributed by atoms with Crippen molar-refractivity contribution in [2.24, 2.45) is 17.3 Å². The van der Waals surface area contributed by atoms with E-state index in [1.54, 1.807) is 87.6 Å². The minimum absolute atomic E-state index is 0.0280. The Morgan fingerprint density at radius 3 is 1.95 bits per heavy atom. The van der Waals surface area contributed by atoms with Crippen molar-refractivity contribution in [3.8, 4) is 11.3 Å². The Morgan fingerprint density at radius 1 is 0.886 bits per heavy atom. The molecule has 0 bridgehead atoms. The topological polar surface area (TPSA) is 89.4 Å². The highest BCUT2D eigenvalue weighted by atomic mass is 28.3. The van der Waals surface area contributed by atoms with Crippen LogP contribution in [0.25, 0.3) is 11.3 Å². The molecule has 0 aliphatic carbocycles. The average Bonchev–Trinajstić information content (AvgIpc) is 2.90. The fourth-order valence-electron chi connectivity index (χ4n) is 5.62. The number of halogens is 3. The summed E-state index contributed by atoms with van der Waals surface area (Å²) in [5.74, 6) is -4.06. The number of hydrogen-bond acceptors (Lipinski definition) is 4. The number of anilines is 1. The molecule has 0 aliphatic rings. The largest absolute Gasteiger partial charge is 0.398 e. The van der Waals surface area contributed by atoms with Crippen molar-refractivity contribution < 1.29 is 27.2 Å². The number of nitrogens with zero attached hydrogens (tertiary/aromatic N) is 1. The number of pyridine rings is 1. The second-order valence-electron chi connectivity index (χ2n) is 12.6. The van der Waals surface area contributed by atoms with Gasteiger partial charge >= 0.3 is 6.18 Å². The molecule has 3 aromatic rings. The van der Waals surface area contributed by atoms with E-state index < -0.39 is 62.1 Å². The van der Waals surface area contributed by atoms with E-state index in [1.165, 1.54) is 31.4 Å². The van der Waals surface area contributed by atoms with Gasteiger partial charge in [-0.25, -0.2) is 0 Å². The smallest absolute Gasteiger partial charge is 0.396 e. The van der Waals surface area contributed by atoms with Crippen LogP contribution in [-0.2, 0) is 27.0 Å². The van der Waals surface area contributed by atoms with Crippen molar-refractivity contribution in [2.45, 2.75) is 72.6 Å². The molecule has 2 unspecified atom stereocenters. The average molecular weight is 630 g/mol. The van der Waals surface area contributed by atoms with Crippen molar-refractivity contribution in [1.82, 2.24) is 9.88 Å². The van der Waals surface area contributed by atoms with Gasteiger partial charge in [-0.3, -0.25) is 19.0 Å². The monoisotopic (exact) mass is 629 g/mol. The van der Waals surface area contributed by atoms with Crippen LogP contribution >= 0.6 is 0 Å². The first-order valence-corrected chi connectivity index (χ1v) is 17.4. The summed E-state index contributed by atoms with van der Waals surface area (Å²) in [5, 5.41) is 5.26. The van der Waals surface area contributed by atoms with Gasteiger partial charge in [0.05, 0.1) is 12.1 Å². The van der Waals surface area contributed by atoms with Crippen molar-refractivity contribution in [1.29, 1.82) is 0 Å². The summed E-state index contributed by atoms with van der Waals surface area (Å²) in [4.78, 5) is 40.4. The molecule has 11 heteroatoms. The van der Waals surface area contributed by atoms with Gasteiger partial charge in [0.25, 0.3) is 5.56 Å².